The fourth-order valence-electron chi connectivity index (χ4n) is 4.54. The Morgan fingerprint density at radius 1 is 1.26 bits per heavy atom. The maximum Gasteiger partial charge on any atom is 0.290 e. The molecule has 0 spiro atoms. The third-order valence-electron chi connectivity index (χ3n) is 6.76. The second-order valence-electron chi connectivity index (χ2n) is 10.2. The Bertz CT molecular complexity index is 1620. The number of carbonyl (C=O) groups is 3. The summed E-state index contributed by atoms with van der Waals surface area (Å²) in [7, 11) is -1.35. The number of nitrogens with two attached hydrogens (primary N) is 1. The lowest BCUT2D eigenvalue weighted by Gasteiger charge is -2.26. The number of carbonyl (C=O) groups excluding carboxylic acids is 2. The molecule has 1 aromatic carbocycles. The first kappa shape index (κ1) is 33.3. The van der Waals surface area contributed by atoms with Gasteiger partial charge in [-0.1, -0.05) is 6.07 Å². The van der Waals surface area contributed by atoms with Crippen molar-refractivity contribution in [2.24, 2.45) is 17.1 Å². The van der Waals surface area contributed by atoms with Gasteiger partial charge in [0.05, 0.1) is 27.5 Å². The topological polar surface area (TPSA) is 173 Å². The molecule has 1 saturated heterocycles. The van der Waals surface area contributed by atoms with Gasteiger partial charge in [0.2, 0.25) is 5.92 Å². The molecule has 0 radical (unpaired) electrons. The number of nitrogens with zero attached hydrogens (tertiary/aromatic N) is 5. The molecule has 15 heteroatoms. The predicted octanol–water partition coefficient (Wildman–Crippen LogP) is 3.70. The fourth-order valence-corrected chi connectivity index (χ4v) is 5.83. The molecule has 4 rings (SSSR count). The molecule has 2 atom stereocenters. The van der Waals surface area contributed by atoms with E-state index in [4.69, 9.17) is 15.6 Å². The molecule has 2 amide bonds. The number of rotatable bonds is 6. The van der Waals surface area contributed by atoms with Crippen LogP contribution in [-0.4, -0.2) is 73.7 Å². The van der Waals surface area contributed by atoms with Gasteiger partial charge >= 0.3 is 0 Å². The molecule has 2 aromatic heterocycles. The van der Waals surface area contributed by atoms with Crippen LogP contribution in [0.4, 0.5) is 20.3 Å². The Balaban J connectivity index is 0.00000162. The number of halogens is 2. The first-order valence-electron chi connectivity index (χ1n) is 13.3. The lowest BCUT2D eigenvalue weighted by molar-refractivity contribution is -0.123. The van der Waals surface area contributed by atoms with Crippen molar-refractivity contribution < 1.29 is 32.5 Å². The number of hydrogen-bond acceptors (Lipinski definition) is 8. The zero-order chi connectivity index (χ0) is 31.9. The summed E-state index contributed by atoms with van der Waals surface area (Å²) in [5.41, 5.74) is 8.18. The van der Waals surface area contributed by atoms with Crippen LogP contribution in [0.25, 0.3) is 11.1 Å². The predicted molar refractivity (Wildman–Crippen MR) is 159 cm³/mol. The number of benzene rings is 1. The molecule has 232 valence electrons. The lowest BCUT2D eigenvalue weighted by atomic mass is 9.99. The molecule has 43 heavy (non-hydrogen) atoms. The molecule has 1 aliphatic heterocycles. The highest BCUT2D eigenvalue weighted by Crippen LogP contribution is 2.34. The van der Waals surface area contributed by atoms with Crippen LogP contribution in [-0.2, 0) is 26.4 Å². The summed E-state index contributed by atoms with van der Waals surface area (Å²) < 4.78 is 46.8. The minimum Gasteiger partial charge on any atom is -0.483 e. The van der Waals surface area contributed by atoms with E-state index in [0.29, 0.717) is 29.2 Å². The van der Waals surface area contributed by atoms with Crippen LogP contribution in [0.1, 0.15) is 42.1 Å². The second-order valence-corrected chi connectivity index (χ2v) is 12.5. The van der Waals surface area contributed by atoms with E-state index in [2.05, 4.69) is 19.8 Å². The molecule has 0 unspecified atom stereocenters. The van der Waals surface area contributed by atoms with Crippen molar-refractivity contribution >= 4 is 39.5 Å². The molecule has 0 saturated carbocycles. The van der Waals surface area contributed by atoms with Gasteiger partial charge in [0.15, 0.2) is 0 Å². The van der Waals surface area contributed by atoms with Gasteiger partial charge in [0.1, 0.15) is 5.82 Å². The number of alkyl halides is 2. The summed E-state index contributed by atoms with van der Waals surface area (Å²) in [4.78, 5) is 40.7. The molecule has 3 aromatic rings. The zero-order valence-corrected chi connectivity index (χ0v) is 25.1. The second kappa shape index (κ2) is 13.8. The van der Waals surface area contributed by atoms with E-state index in [-0.39, 0.29) is 42.7 Å². The molecule has 3 heterocycles. The van der Waals surface area contributed by atoms with Crippen molar-refractivity contribution in [3.63, 3.8) is 0 Å². The van der Waals surface area contributed by atoms with Crippen LogP contribution >= 0.6 is 0 Å². The van der Waals surface area contributed by atoms with Crippen LogP contribution in [0, 0.1) is 6.92 Å². The molecule has 1 fully saturated rings. The number of aromatic nitrogens is 3. The van der Waals surface area contributed by atoms with Crippen LogP contribution < -0.4 is 16.0 Å². The van der Waals surface area contributed by atoms with Crippen LogP contribution in [0.3, 0.4) is 0 Å². The van der Waals surface area contributed by atoms with E-state index in [1.807, 2.05) is 0 Å². The van der Waals surface area contributed by atoms with Crippen molar-refractivity contribution in [3.05, 3.63) is 54.0 Å². The third kappa shape index (κ3) is 8.41. The van der Waals surface area contributed by atoms with Crippen molar-refractivity contribution in [1.82, 2.24) is 14.8 Å². The number of nitrogens with one attached hydrogen (secondary N) is 1. The molecule has 1 aliphatic rings. The van der Waals surface area contributed by atoms with E-state index in [0.717, 1.165) is 5.56 Å². The standard InChI is InChI=1S/C27H33F2N7O3S.CH2O2/c1-17-22(19-14-32-35(3)16-19)15-31-24(36-11-6-9-27(28,29)10-12-36)23(17)26(38)33-20-7-5-8-21(13-20)40(4,39)34-25(37)18(2)30;2-1-3/h5,7-8,13-16,18H,6,9-12,30H2,1-4H3,(H,33,38);1H,(H,2,3)/t18-,40+;/m0./s1. The Hall–Kier alpha value is -4.24. The van der Waals surface area contributed by atoms with E-state index in [9.17, 15) is 22.6 Å². The monoisotopic (exact) mass is 619 g/mol. The van der Waals surface area contributed by atoms with Gasteiger partial charge < -0.3 is 21.1 Å². The van der Waals surface area contributed by atoms with Crippen LogP contribution in [0.2, 0.25) is 0 Å². The average Bonchev–Trinajstić information content (AvgIpc) is 3.27. The van der Waals surface area contributed by atoms with Gasteiger partial charge in [-0.3, -0.25) is 19.1 Å². The van der Waals surface area contributed by atoms with Gasteiger partial charge in [0.25, 0.3) is 18.3 Å². The summed E-state index contributed by atoms with van der Waals surface area (Å²) in [6.07, 6.45) is 6.11. The van der Waals surface area contributed by atoms with E-state index in [1.165, 1.54) is 19.2 Å². The number of carboxylic acid groups (broad SMARTS) is 1. The van der Waals surface area contributed by atoms with Crippen molar-refractivity contribution in [2.45, 2.75) is 50.0 Å². The summed E-state index contributed by atoms with van der Waals surface area (Å²) in [6.45, 7) is 3.37. The highest BCUT2D eigenvalue weighted by molar-refractivity contribution is 7.93. The molecular weight excluding hydrogens is 584 g/mol. The maximum atomic E-state index is 14.1. The van der Waals surface area contributed by atoms with Gasteiger partial charge in [-0.15, -0.1) is 0 Å². The van der Waals surface area contributed by atoms with Crippen LogP contribution in [0.15, 0.2) is 52.1 Å². The number of hydrogen-bond donors (Lipinski definition) is 3. The Morgan fingerprint density at radius 3 is 2.58 bits per heavy atom. The quantitative estimate of drug-likeness (QED) is 0.348. The smallest absolute Gasteiger partial charge is 0.290 e. The van der Waals surface area contributed by atoms with Crippen molar-refractivity contribution in [3.8, 4) is 11.1 Å². The lowest BCUT2D eigenvalue weighted by Crippen LogP contribution is -2.30. The Morgan fingerprint density at radius 2 is 1.95 bits per heavy atom. The molecule has 12 nitrogen and oxygen atoms in total. The first-order valence-corrected chi connectivity index (χ1v) is 15.2. The number of aryl methyl sites for hydroxylation is 1. The van der Waals surface area contributed by atoms with Gasteiger partial charge in [-0.2, -0.15) is 9.46 Å². The third-order valence-corrected chi connectivity index (χ3v) is 8.42. The molecule has 0 aliphatic carbocycles. The first-order chi connectivity index (χ1) is 20.2. The van der Waals surface area contributed by atoms with Gasteiger partial charge in [-0.05, 0) is 44.0 Å². The van der Waals surface area contributed by atoms with Crippen molar-refractivity contribution in [2.75, 3.05) is 29.6 Å². The molecule has 0 bridgehead atoms. The largest absolute Gasteiger partial charge is 0.483 e. The highest BCUT2D eigenvalue weighted by Gasteiger charge is 2.33. The normalized spacial score (nSPS) is 16.5. The SMILES string of the molecule is Cc1c(-c2cnn(C)c2)cnc(N2CCCC(F)(F)CC2)c1C(=O)Nc1cccc([S@@](C)(=O)=NC(=O)[C@H](C)N)c1.O=CO. The minimum atomic E-state index is -3.12. The van der Waals surface area contributed by atoms with Gasteiger partial charge in [0, 0.05) is 73.3 Å². The van der Waals surface area contributed by atoms with Crippen LogP contribution in [0.5, 0.6) is 0 Å². The number of pyridine rings is 1. The van der Waals surface area contributed by atoms with E-state index < -0.39 is 33.5 Å². The maximum absolute atomic E-state index is 14.1. The summed E-state index contributed by atoms with van der Waals surface area (Å²) in [5.74, 6) is -3.66. The summed E-state index contributed by atoms with van der Waals surface area (Å²) in [6, 6.07) is 5.34. The average molecular weight is 620 g/mol. The Labute approximate surface area is 248 Å². The van der Waals surface area contributed by atoms with Crippen molar-refractivity contribution in [1.29, 1.82) is 0 Å². The fraction of sp³-hybridized carbons (Fsp3) is 0.393. The molecular formula is C28H35F2N7O5S. The number of amides is 2. The zero-order valence-electron chi connectivity index (χ0n) is 24.3. The summed E-state index contributed by atoms with van der Waals surface area (Å²) >= 11 is 0. The van der Waals surface area contributed by atoms with E-state index in [1.54, 1.807) is 60.3 Å². The summed E-state index contributed by atoms with van der Waals surface area (Å²) in [5, 5.41) is 13.9. The van der Waals surface area contributed by atoms with Gasteiger partial charge in [-0.25, -0.2) is 18.0 Å². The highest BCUT2D eigenvalue weighted by atomic mass is 32.2. The molecule has 4 N–H and O–H groups in total. The van der Waals surface area contributed by atoms with E-state index >= 15 is 0 Å². The minimum absolute atomic E-state index is 0.0500. The number of anilines is 2. The Kier molecular flexibility index (Phi) is 10.7.